The van der Waals surface area contributed by atoms with Gasteiger partial charge >= 0.3 is 0 Å². The highest BCUT2D eigenvalue weighted by Crippen LogP contribution is 2.48. The Morgan fingerprint density at radius 1 is 1.17 bits per heavy atom. The molecular weight excluding hydrogens is 326 g/mol. The molecule has 0 aromatic heterocycles. The Kier molecular flexibility index (Phi) is 4.71. The first-order valence-electron chi connectivity index (χ1n) is 8.55. The van der Waals surface area contributed by atoms with Gasteiger partial charge in [-0.05, 0) is 38.3 Å². The van der Waals surface area contributed by atoms with Crippen molar-refractivity contribution in [2.75, 3.05) is 13.7 Å². The topological polar surface area (TPSA) is 63.7 Å². The van der Waals surface area contributed by atoms with Gasteiger partial charge in [0, 0.05) is 7.11 Å². The van der Waals surface area contributed by atoms with E-state index in [1.54, 1.807) is 31.4 Å². The zero-order chi connectivity index (χ0) is 17.4. The summed E-state index contributed by atoms with van der Waals surface area (Å²) in [5.41, 5.74) is 0.470. The third-order valence-electron chi connectivity index (χ3n) is 5.36. The molecule has 1 atom stereocenters. The highest BCUT2D eigenvalue weighted by molar-refractivity contribution is 7.89. The fraction of sp³-hybridized carbons (Fsp3) is 0.611. The van der Waals surface area contributed by atoms with E-state index in [0.29, 0.717) is 6.42 Å². The van der Waals surface area contributed by atoms with Gasteiger partial charge in [-0.2, -0.15) is 0 Å². The molecule has 1 aromatic carbocycles. The van der Waals surface area contributed by atoms with Crippen LogP contribution >= 0.6 is 0 Å². The number of aryl methyl sites for hydroxylation is 1. The molecule has 1 heterocycles. The van der Waals surface area contributed by atoms with E-state index in [4.69, 9.17) is 4.74 Å². The molecule has 1 unspecified atom stereocenters. The number of benzene rings is 1. The lowest BCUT2D eigenvalue weighted by molar-refractivity contribution is -0.134. The summed E-state index contributed by atoms with van der Waals surface area (Å²) in [5.74, 6) is -0.232. The van der Waals surface area contributed by atoms with Crippen molar-refractivity contribution in [2.24, 2.45) is 5.41 Å². The van der Waals surface area contributed by atoms with Crippen LogP contribution in [0.25, 0.3) is 0 Å². The highest BCUT2D eigenvalue weighted by atomic mass is 32.2. The van der Waals surface area contributed by atoms with Crippen LogP contribution in [0.15, 0.2) is 29.2 Å². The van der Waals surface area contributed by atoms with E-state index in [-0.39, 0.29) is 17.4 Å². The third kappa shape index (κ3) is 2.86. The summed E-state index contributed by atoms with van der Waals surface area (Å²) in [6.07, 6.45) is 5.24. The highest BCUT2D eigenvalue weighted by Gasteiger charge is 2.55. The second kappa shape index (κ2) is 6.48. The number of amides is 1. The zero-order valence-corrected chi connectivity index (χ0v) is 15.1. The Labute approximate surface area is 144 Å². The van der Waals surface area contributed by atoms with Crippen molar-refractivity contribution in [3.8, 4) is 0 Å². The molecule has 1 amide bonds. The Balaban J connectivity index is 1.99. The Morgan fingerprint density at radius 2 is 1.79 bits per heavy atom. The third-order valence-corrected chi connectivity index (χ3v) is 7.21. The smallest absolute Gasteiger partial charge is 0.266 e. The van der Waals surface area contributed by atoms with E-state index in [1.165, 1.54) is 0 Å². The number of carbonyl (C=O) groups excluding carboxylic acids is 1. The number of ether oxygens (including phenoxy) is 1. The van der Waals surface area contributed by atoms with Crippen LogP contribution in [0.1, 0.15) is 44.1 Å². The van der Waals surface area contributed by atoms with Crippen LogP contribution in [-0.4, -0.2) is 38.4 Å². The Morgan fingerprint density at radius 3 is 2.38 bits per heavy atom. The van der Waals surface area contributed by atoms with Crippen LogP contribution in [0.4, 0.5) is 0 Å². The summed E-state index contributed by atoms with van der Waals surface area (Å²) in [4.78, 5) is 13.3. The van der Waals surface area contributed by atoms with Crippen LogP contribution in [0.5, 0.6) is 0 Å². The molecule has 1 spiro atoms. The number of methoxy groups -OCH3 is 1. The van der Waals surface area contributed by atoms with Crippen molar-refractivity contribution in [3.05, 3.63) is 29.8 Å². The van der Waals surface area contributed by atoms with E-state index in [2.05, 4.69) is 0 Å². The average Bonchev–Trinajstić information content (AvgIpc) is 2.81. The first kappa shape index (κ1) is 17.4. The minimum Gasteiger partial charge on any atom is -0.383 e. The summed E-state index contributed by atoms with van der Waals surface area (Å²) in [5, 5.41) is 0. The van der Waals surface area contributed by atoms with E-state index in [9.17, 15) is 13.2 Å². The molecule has 3 rings (SSSR count). The molecule has 6 heteroatoms. The van der Waals surface area contributed by atoms with Gasteiger partial charge in [-0.25, -0.2) is 12.7 Å². The maximum Gasteiger partial charge on any atom is 0.266 e. The van der Waals surface area contributed by atoms with Gasteiger partial charge < -0.3 is 4.74 Å². The first-order chi connectivity index (χ1) is 11.4. The van der Waals surface area contributed by atoms with Gasteiger partial charge in [0.15, 0.2) is 0 Å². The van der Waals surface area contributed by atoms with Gasteiger partial charge in [0.1, 0.15) is 0 Å². The molecule has 2 aliphatic rings. The van der Waals surface area contributed by atoms with Crippen LogP contribution in [-0.2, 0) is 19.6 Å². The van der Waals surface area contributed by atoms with Crippen LogP contribution in [0, 0.1) is 12.3 Å². The predicted molar refractivity (Wildman–Crippen MR) is 91.0 cm³/mol. The summed E-state index contributed by atoms with van der Waals surface area (Å²) in [7, 11) is -2.30. The molecule has 1 saturated carbocycles. The Hall–Kier alpha value is -1.40. The summed E-state index contributed by atoms with van der Waals surface area (Å²) in [6, 6.07) is 6.26. The summed E-state index contributed by atoms with van der Waals surface area (Å²) >= 11 is 0. The summed E-state index contributed by atoms with van der Waals surface area (Å²) in [6.45, 7) is 2.15. The van der Waals surface area contributed by atoms with Gasteiger partial charge in [-0.3, -0.25) is 4.79 Å². The lowest BCUT2D eigenvalue weighted by atomic mass is 9.72. The van der Waals surface area contributed by atoms with Crippen molar-refractivity contribution in [3.63, 3.8) is 0 Å². The summed E-state index contributed by atoms with van der Waals surface area (Å²) < 4.78 is 32.6. The van der Waals surface area contributed by atoms with E-state index < -0.39 is 21.5 Å². The number of rotatable bonds is 4. The second-order valence-electron chi connectivity index (χ2n) is 7.07. The maximum absolute atomic E-state index is 13.1. The van der Waals surface area contributed by atoms with Crippen molar-refractivity contribution < 1.29 is 17.9 Å². The van der Waals surface area contributed by atoms with Gasteiger partial charge in [-0.15, -0.1) is 0 Å². The average molecular weight is 351 g/mol. The maximum atomic E-state index is 13.1. The molecule has 0 radical (unpaired) electrons. The largest absolute Gasteiger partial charge is 0.383 e. The molecule has 1 aliphatic heterocycles. The van der Waals surface area contributed by atoms with Crippen LogP contribution in [0.3, 0.4) is 0 Å². The van der Waals surface area contributed by atoms with E-state index >= 15 is 0 Å². The van der Waals surface area contributed by atoms with Crippen molar-refractivity contribution in [1.29, 1.82) is 0 Å². The number of nitrogens with zero attached hydrogens (tertiary/aromatic N) is 1. The molecule has 1 aliphatic carbocycles. The molecule has 24 heavy (non-hydrogen) atoms. The molecule has 2 fully saturated rings. The first-order valence-corrected chi connectivity index (χ1v) is 9.99. The fourth-order valence-electron chi connectivity index (χ4n) is 4.12. The molecule has 0 N–H and O–H groups in total. The van der Waals surface area contributed by atoms with Gasteiger partial charge in [0.05, 0.1) is 23.0 Å². The number of carbonyl (C=O) groups is 1. The zero-order valence-electron chi connectivity index (χ0n) is 14.3. The second-order valence-corrected chi connectivity index (χ2v) is 8.89. The minimum absolute atomic E-state index is 0.176. The van der Waals surface area contributed by atoms with Gasteiger partial charge in [-0.1, -0.05) is 37.0 Å². The molecule has 0 bridgehead atoms. The van der Waals surface area contributed by atoms with Crippen LogP contribution < -0.4 is 0 Å². The minimum atomic E-state index is -3.85. The number of hydrogen-bond acceptors (Lipinski definition) is 4. The standard InChI is InChI=1S/C18H25NO4S/c1-14-6-8-16(9-7-14)24(21,22)19-15(13-23-2)12-18(17(19)20)10-4-3-5-11-18/h6-9,15H,3-5,10-13H2,1-2H3. The molecular formula is C18H25NO4S. The van der Waals surface area contributed by atoms with E-state index in [1.807, 2.05) is 6.92 Å². The van der Waals surface area contributed by atoms with Crippen molar-refractivity contribution in [2.45, 2.75) is 56.4 Å². The Bertz CT molecular complexity index is 705. The van der Waals surface area contributed by atoms with Gasteiger partial charge in [0.25, 0.3) is 10.0 Å². The van der Waals surface area contributed by atoms with Crippen molar-refractivity contribution in [1.82, 2.24) is 4.31 Å². The van der Waals surface area contributed by atoms with E-state index in [0.717, 1.165) is 42.0 Å². The number of hydrogen-bond donors (Lipinski definition) is 0. The fourth-order valence-corrected chi connectivity index (χ4v) is 5.76. The molecule has 1 aromatic rings. The van der Waals surface area contributed by atoms with Crippen LogP contribution in [0.2, 0.25) is 0 Å². The lowest BCUT2D eigenvalue weighted by Crippen LogP contribution is -2.43. The lowest BCUT2D eigenvalue weighted by Gasteiger charge is -2.31. The van der Waals surface area contributed by atoms with Crippen molar-refractivity contribution >= 4 is 15.9 Å². The monoisotopic (exact) mass is 351 g/mol. The number of sulfonamides is 1. The molecule has 5 nitrogen and oxygen atoms in total. The molecule has 132 valence electrons. The molecule has 1 saturated heterocycles. The SMILES string of the molecule is COCC1CC2(CCCCC2)C(=O)N1S(=O)(=O)c1ccc(C)cc1. The quantitative estimate of drug-likeness (QED) is 0.837. The van der Waals surface area contributed by atoms with Gasteiger partial charge in [0.2, 0.25) is 5.91 Å². The normalized spacial score (nSPS) is 23.8. The predicted octanol–water partition coefficient (Wildman–Crippen LogP) is 2.88.